The van der Waals surface area contributed by atoms with Crippen molar-refractivity contribution in [1.29, 1.82) is 0 Å². The van der Waals surface area contributed by atoms with Crippen molar-refractivity contribution < 1.29 is 32.5 Å². The monoisotopic (exact) mass is 427 g/mol. The van der Waals surface area contributed by atoms with Gasteiger partial charge in [0.05, 0.1) is 12.0 Å². The van der Waals surface area contributed by atoms with Crippen LogP contribution in [0.4, 0.5) is 13.2 Å². The summed E-state index contributed by atoms with van der Waals surface area (Å²) in [6.45, 7) is 1.46. The predicted octanol–water partition coefficient (Wildman–Crippen LogP) is 4.25. The minimum Gasteiger partial charge on any atom is -0.457 e. The number of alkyl halides is 3. The Kier molecular flexibility index (Phi) is 5.77. The van der Waals surface area contributed by atoms with Gasteiger partial charge >= 0.3 is 6.36 Å². The molecule has 0 saturated carbocycles. The summed E-state index contributed by atoms with van der Waals surface area (Å²) in [5.41, 5.74) is -0.0887. The van der Waals surface area contributed by atoms with Gasteiger partial charge in [-0.25, -0.2) is 0 Å². The van der Waals surface area contributed by atoms with Crippen LogP contribution in [0.2, 0.25) is 0 Å². The standard InChI is InChI=1S/C20H17ClF3NO4/c1-12-17(21)18(27)19(11-26,10-25-12)13-2-4-14(5-3-13)28-15-6-8-16(9-7-15)29-20(22,23)24/h2-9,25-26H,10-11H2,1H3. The quantitative estimate of drug-likeness (QED) is 0.746. The fourth-order valence-electron chi connectivity index (χ4n) is 2.96. The number of Topliss-reactive ketones (excluding diaryl/α,β-unsaturated/α-hetero) is 1. The van der Waals surface area contributed by atoms with E-state index in [0.29, 0.717) is 22.8 Å². The van der Waals surface area contributed by atoms with Crippen LogP contribution in [0.5, 0.6) is 17.2 Å². The number of benzene rings is 2. The molecule has 2 aromatic rings. The molecule has 0 aliphatic carbocycles. The van der Waals surface area contributed by atoms with E-state index in [1.54, 1.807) is 31.2 Å². The van der Waals surface area contributed by atoms with Gasteiger partial charge in [-0.3, -0.25) is 4.79 Å². The van der Waals surface area contributed by atoms with Gasteiger partial charge in [0.15, 0.2) is 5.78 Å². The highest BCUT2D eigenvalue weighted by molar-refractivity contribution is 6.44. The Morgan fingerprint density at radius 3 is 2.10 bits per heavy atom. The number of ether oxygens (including phenoxy) is 2. The molecule has 154 valence electrons. The largest absolute Gasteiger partial charge is 0.573 e. The van der Waals surface area contributed by atoms with Crippen molar-refractivity contribution in [1.82, 2.24) is 5.32 Å². The normalized spacial score (nSPS) is 19.7. The number of nitrogens with one attached hydrogen (secondary N) is 1. The third kappa shape index (κ3) is 4.49. The smallest absolute Gasteiger partial charge is 0.457 e. The van der Waals surface area contributed by atoms with Gasteiger partial charge < -0.3 is 19.9 Å². The van der Waals surface area contributed by atoms with Gasteiger partial charge in [0, 0.05) is 12.2 Å². The highest BCUT2D eigenvalue weighted by Crippen LogP contribution is 2.35. The van der Waals surface area contributed by atoms with Crippen molar-refractivity contribution in [2.24, 2.45) is 0 Å². The van der Waals surface area contributed by atoms with E-state index in [9.17, 15) is 23.1 Å². The summed E-state index contributed by atoms with van der Waals surface area (Å²) >= 11 is 6.07. The molecule has 5 nitrogen and oxygen atoms in total. The molecule has 2 aromatic carbocycles. The summed E-state index contributed by atoms with van der Waals surface area (Å²) in [6, 6.07) is 11.4. The molecule has 0 fully saturated rings. The third-order valence-electron chi connectivity index (χ3n) is 4.59. The second-order valence-electron chi connectivity index (χ2n) is 6.51. The number of allylic oxidation sites excluding steroid dienone is 2. The average Bonchev–Trinajstić information content (AvgIpc) is 2.68. The summed E-state index contributed by atoms with van der Waals surface area (Å²) in [5.74, 6) is -0.0120. The first kappa shape index (κ1) is 21.0. The van der Waals surface area contributed by atoms with Crippen LogP contribution in [0.1, 0.15) is 12.5 Å². The topological polar surface area (TPSA) is 67.8 Å². The maximum absolute atomic E-state index is 12.7. The van der Waals surface area contributed by atoms with E-state index in [-0.39, 0.29) is 23.1 Å². The zero-order valence-corrected chi connectivity index (χ0v) is 16.0. The van der Waals surface area contributed by atoms with E-state index < -0.39 is 18.4 Å². The first-order valence-electron chi connectivity index (χ1n) is 8.55. The van der Waals surface area contributed by atoms with Gasteiger partial charge in [-0.2, -0.15) is 0 Å². The van der Waals surface area contributed by atoms with Crippen LogP contribution in [-0.2, 0) is 10.2 Å². The van der Waals surface area contributed by atoms with Crippen LogP contribution in [0.25, 0.3) is 0 Å². The van der Waals surface area contributed by atoms with Crippen LogP contribution in [0.15, 0.2) is 59.3 Å². The molecule has 1 aliphatic rings. The Balaban J connectivity index is 1.76. The molecule has 0 amide bonds. The second kappa shape index (κ2) is 7.96. The van der Waals surface area contributed by atoms with Crippen molar-refractivity contribution in [3.63, 3.8) is 0 Å². The van der Waals surface area contributed by atoms with Crippen LogP contribution in [0, 0.1) is 0 Å². The van der Waals surface area contributed by atoms with Gasteiger partial charge in [0.1, 0.15) is 22.3 Å². The SMILES string of the molecule is CC1=C(Cl)C(=O)C(CO)(c2ccc(Oc3ccc(OC(F)(F)F)cc3)cc2)CN1. The number of carbonyl (C=O) groups is 1. The molecule has 0 aromatic heterocycles. The molecule has 9 heteroatoms. The molecule has 0 radical (unpaired) electrons. The molecule has 29 heavy (non-hydrogen) atoms. The van der Waals surface area contributed by atoms with Gasteiger partial charge in [-0.05, 0) is 48.9 Å². The van der Waals surface area contributed by atoms with E-state index in [2.05, 4.69) is 10.1 Å². The van der Waals surface area contributed by atoms with E-state index in [0.717, 1.165) is 12.1 Å². The van der Waals surface area contributed by atoms with E-state index in [1.165, 1.54) is 12.1 Å². The zero-order valence-electron chi connectivity index (χ0n) is 15.2. The predicted molar refractivity (Wildman–Crippen MR) is 100.0 cm³/mol. The number of rotatable bonds is 5. The molecular formula is C20H17ClF3NO4. The first-order chi connectivity index (χ1) is 13.6. The van der Waals surface area contributed by atoms with Crippen molar-refractivity contribution in [2.45, 2.75) is 18.7 Å². The number of aliphatic hydroxyl groups is 1. The molecule has 0 spiro atoms. The lowest BCUT2D eigenvalue weighted by Gasteiger charge is -2.35. The highest BCUT2D eigenvalue weighted by Gasteiger charge is 2.44. The van der Waals surface area contributed by atoms with Crippen LogP contribution < -0.4 is 14.8 Å². The van der Waals surface area contributed by atoms with Crippen molar-refractivity contribution in [3.05, 3.63) is 64.8 Å². The number of aliphatic hydroxyl groups excluding tert-OH is 1. The van der Waals surface area contributed by atoms with E-state index >= 15 is 0 Å². The van der Waals surface area contributed by atoms with Gasteiger partial charge in [-0.1, -0.05) is 23.7 Å². The molecule has 0 bridgehead atoms. The second-order valence-corrected chi connectivity index (χ2v) is 6.89. The molecule has 2 N–H and O–H groups in total. The molecule has 1 atom stereocenters. The maximum Gasteiger partial charge on any atom is 0.573 e. The molecule has 1 unspecified atom stereocenters. The minimum absolute atomic E-state index is 0.0480. The zero-order chi connectivity index (χ0) is 21.2. The Bertz CT molecular complexity index is 926. The summed E-state index contributed by atoms with van der Waals surface area (Å²) in [7, 11) is 0. The lowest BCUT2D eigenvalue weighted by Crippen LogP contribution is -2.51. The van der Waals surface area contributed by atoms with E-state index in [1.807, 2.05) is 0 Å². The lowest BCUT2D eigenvalue weighted by molar-refractivity contribution is -0.274. The fourth-order valence-corrected chi connectivity index (χ4v) is 3.21. The number of halogens is 4. The molecular weight excluding hydrogens is 411 g/mol. The molecule has 3 rings (SSSR count). The van der Waals surface area contributed by atoms with Crippen LogP contribution >= 0.6 is 11.6 Å². The highest BCUT2D eigenvalue weighted by atomic mass is 35.5. The Morgan fingerprint density at radius 2 is 1.59 bits per heavy atom. The Morgan fingerprint density at radius 1 is 1.07 bits per heavy atom. The molecule has 0 saturated heterocycles. The van der Waals surface area contributed by atoms with Crippen LogP contribution in [-0.4, -0.2) is 30.4 Å². The summed E-state index contributed by atoms with van der Waals surface area (Å²) in [6.07, 6.45) is -4.76. The maximum atomic E-state index is 12.7. The number of hydrogen-bond acceptors (Lipinski definition) is 5. The fraction of sp³-hybridized carbons (Fsp3) is 0.250. The van der Waals surface area contributed by atoms with E-state index in [4.69, 9.17) is 16.3 Å². The number of carbonyl (C=O) groups excluding carboxylic acids is 1. The lowest BCUT2D eigenvalue weighted by atomic mass is 9.75. The van der Waals surface area contributed by atoms with Gasteiger partial charge in [0.2, 0.25) is 0 Å². The van der Waals surface area contributed by atoms with Crippen molar-refractivity contribution >= 4 is 17.4 Å². The third-order valence-corrected chi connectivity index (χ3v) is 5.04. The van der Waals surface area contributed by atoms with Gasteiger partial charge in [0.25, 0.3) is 0 Å². The van der Waals surface area contributed by atoms with Crippen LogP contribution in [0.3, 0.4) is 0 Å². The van der Waals surface area contributed by atoms with Crippen molar-refractivity contribution in [2.75, 3.05) is 13.2 Å². The Hall–Kier alpha value is -2.71. The van der Waals surface area contributed by atoms with Crippen molar-refractivity contribution in [3.8, 4) is 17.2 Å². The van der Waals surface area contributed by atoms with Gasteiger partial charge in [-0.15, -0.1) is 13.2 Å². The summed E-state index contributed by atoms with van der Waals surface area (Å²) in [4.78, 5) is 12.7. The first-order valence-corrected chi connectivity index (χ1v) is 8.92. The average molecular weight is 428 g/mol. The number of hydrogen-bond donors (Lipinski definition) is 2. The Labute approximate surface area is 169 Å². The minimum atomic E-state index is -4.76. The number of ketones is 1. The molecule has 1 aliphatic heterocycles. The molecule has 1 heterocycles. The summed E-state index contributed by atoms with van der Waals surface area (Å²) in [5, 5.41) is 13.0. The summed E-state index contributed by atoms with van der Waals surface area (Å²) < 4.78 is 46.0.